The van der Waals surface area contributed by atoms with Gasteiger partial charge in [-0.15, -0.1) is 0 Å². The Hall–Kier alpha value is -2.05. The highest BCUT2D eigenvalue weighted by Crippen LogP contribution is 2.28. The van der Waals surface area contributed by atoms with Crippen molar-refractivity contribution >= 4 is 17.5 Å². The molecule has 2 rings (SSSR count). The number of hydrogen-bond acceptors (Lipinski definition) is 2. The molecule has 0 aromatic heterocycles. The number of halogens is 3. The lowest BCUT2D eigenvalue weighted by Gasteiger charge is -2.15. The van der Waals surface area contributed by atoms with Crippen LogP contribution < -0.4 is 10.2 Å². The molecule has 0 saturated heterocycles. The van der Waals surface area contributed by atoms with Gasteiger partial charge in [0.2, 0.25) is 5.91 Å². The van der Waals surface area contributed by atoms with Crippen LogP contribution in [0.4, 0.5) is 18.9 Å². The molecular weight excluding hydrogens is 273 g/mol. The quantitative estimate of drug-likeness (QED) is 0.902. The fourth-order valence-electron chi connectivity index (χ4n) is 2.15. The van der Waals surface area contributed by atoms with E-state index in [0.717, 1.165) is 5.56 Å². The fourth-order valence-corrected chi connectivity index (χ4v) is 2.15. The number of nitrogens with one attached hydrogen (secondary N) is 1. The molecule has 0 aliphatic carbocycles. The molecule has 1 aromatic carbocycles. The third kappa shape index (κ3) is 3.09. The summed E-state index contributed by atoms with van der Waals surface area (Å²) in [4.78, 5) is 24.6. The number of benzene rings is 1. The first kappa shape index (κ1) is 14.4. The van der Waals surface area contributed by atoms with Crippen molar-refractivity contribution in [2.24, 2.45) is 0 Å². The summed E-state index contributed by atoms with van der Waals surface area (Å²) in [7, 11) is 0. The summed E-state index contributed by atoms with van der Waals surface area (Å²) in [5.41, 5.74) is 1.67. The van der Waals surface area contributed by atoms with E-state index in [-0.39, 0.29) is 11.5 Å². The van der Waals surface area contributed by atoms with Gasteiger partial charge < -0.3 is 10.2 Å². The first-order valence-electron chi connectivity index (χ1n) is 6.04. The monoisotopic (exact) mass is 286 g/mol. The molecule has 108 valence electrons. The summed E-state index contributed by atoms with van der Waals surface area (Å²) in [6.07, 6.45) is -3.84. The molecule has 20 heavy (non-hydrogen) atoms. The smallest absolute Gasteiger partial charge is 0.343 e. The Morgan fingerprint density at radius 3 is 2.65 bits per heavy atom. The van der Waals surface area contributed by atoms with E-state index in [1.54, 1.807) is 11.0 Å². The van der Waals surface area contributed by atoms with E-state index in [0.29, 0.717) is 18.7 Å². The summed E-state index contributed by atoms with van der Waals surface area (Å²) >= 11 is 0. The van der Waals surface area contributed by atoms with E-state index >= 15 is 0 Å². The van der Waals surface area contributed by atoms with Crippen LogP contribution in [0.3, 0.4) is 0 Å². The number of carbonyl (C=O) groups is 2. The van der Waals surface area contributed by atoms with Crippen LogP contribution in [-0.4, -0.2) is 31.1 Å². The second-order valence-electron chi connectivity index (χ2n) is 4.56. The van der Waals surface area contributed by atoms with Crippen molar-refractivity contribution in [2.45, 2.75) is 19.5 Å². The molecule has 1 aromatic rings. The molecule has 0 saturated carbocycles. The number of rotatable bonds is 2. The van der Waals surface area contributed by atoms with Crippen molar-refractivity contribution < 1.29 is 22.8 Å². The highest BCUT2D eigenvalue weighted by atomic mass is 19.4. The molecule has 2 amide bonds. The number of carbonyl (C=O) groups excluding carboxylic acids is 2. The number of anilines is 1. The van der Waals surface area contributed by atoms with Gasteiger partial charge in [0.15, 0.2) is 0 Å². The van der Waals surface area contributed by atoms with Crippen LogP contribution >= 0.6 is 0 Å². The molecule has 7 heteroatoms. The van der Waals surface area contributed by atoms with E-state index in [1.165, 1.54) is 19.1 Å². The Morgan fingerprint density at radius 1 is 1.35 bits per heavy atom. The highest BCUT2D eigenvalue weighted by Gasteiger charge is 2.28. The number of nitrogens with zero attached hydrogens (tertiary/aromatic N) is 1. The molecule has 0 spiro atoms. The normalized spacial score (nSPS) is 14.1. The van der Waals surface area contributed by atoms with Crippen LogP contribution in [0.1, 0.15) is 22.8 Å². The molecule has 1 heterocycles. The van der Waals surface area contributed by atoms with Crippen molar-refractivity contribution in [3.63, 3.8) is 0 Å². The molecule has 1 N–H and O–H groups in total. The van der Waals surface area contributed by atoms with Gasteiger partial charge >= 0.3 is 6.18 Å². The van der Waals surface area contributed by atoms with Gasteiger partial charge in [0.05, 0.1) is 0 Å². The second-order valence-corrected chi connectivity index (χ2v) is 4.56. The fraction of sp³-hybridized carbons (Fsp3) is 0.385. The average Bonchev–Trinajstić information content (AvgIpc) is 2.77. The van der Waals surface area contributed by atoms with E-state index in [1.807, 2.05) is 5.32 Å². The Kier molecular flexibility index (Phi) is 3.69. The van der Waals surface area contributed by atoms with Crippen molar-refractivity contribution in [3.8, 4) is 0 Å². The minimum atomic E-state index is -4.43. The maximum atomic E-state index is 12.0. The van der Waals surface area contributed by atoms with E-state index < -0.39 is 18.6 Å². The standard InChI is InChI=1S/C13H13F3N2O2/c1-8(19)18-5-4-9-6-10(2-3-11(9)18)12(20)17-7-13(14,15)16/h2-3,6H,4-5,7H2,1H3,(H,17,20). The van der Waals surface area contributed by atoms with Gasteiger partial charge in [0, 0.05) is 24.7 Å². The van der Waals surface area contributed by atoms with E-state index in [4.69, 9.17) is 0 Å². The van der Waals surface area contributed by atoms with Crippen molar-refractivity contribution in [3.05, 3.63) is 29.3 Å². The molecular formula is C13H13F3N2O2. The third-order valence-electron chi connectivity index (χ3n) is 3.07. The largest absolute Gasteiger partial charge is 0.405 e. The van der Waals surface area contributed by atoms with Crippen LogP contribution in [0.25, 0.3) is 0 Å². The average molecular weight is 286 g/mol. The summed E-state index contributed by atoms with van der Waals surface area (Å²) in [6, 6.07) is 4.54. The lowest BCUT2D eigenvalue weighted by Crippen LogP contribution is -2.33. The zero-order valence-corrected chi connectivity index (χ0v) is 10.8. The van der Waals surface area contributed by atoms with Crippen LogP contribution in [0, 0.1) is 0 Å². The lowest BCUT2D eigenvalue weighted by molar-refractivity contribution is -0.123. The van der Waals surface area contributed by atoms with Crippen LogP contribution in [-0.2, 0) is 11.2 Å². The summed E-state index contributed by atoms with van der Waals surface area (Å²) in [5.74, 6) is -0.871. The van der Waals surface area contributed by atoms with Gasteiger partial charge in [-0.3, -0.25) is 9.59 Å². The Labute approximate surface area is 113 Å². The molecule has 0 radical (unpaired) electrons. The molecule has 0 fully saturated rings. The van der Waals surface area contributed by atoms with Gasteiger partial charge in [-0.05, 0) is 30.2 Å². The van der Waals surface area contributed by atoms with E-state index in [2.05, 4.69) is 0 Å². The van der Waals surface area contributed by atoms with Crippen LogP contribution in [0.2, 0.25) is 0 Å². The Balaban J connectivity index is 2.13. The molecule has 0 bridgehead atoms. The summed E-state index contributed by atoms with van der Waals surface area (Å²) in [6.45, 7) is 0.611. The summed E-state index contributed by atoms with van der Waals surface area (Å²) in [5, 5.41) is 1.82. The number of fused-ring (bicyclic) bond motifs is 1. The predicted molar refractivity (Wildman–Crippen MR) is 66.6 cm³/mol. The van der Waals surface area contributed by atoms with Crippen molar-refractivity contribution in [1.29, 1.82) is 0 Å². The SMILES string of the molecule is CC(=O)N1CCc2cc(C(=O)NCC(F)(F)F)ccc21. The molecule has 0 unspecified atom stereocenters. The second kappa shape index (κ2) is 5.15. The van der Waals surface area contributed by atoms with Gasteiger partial charge in [0.25, 0.3) is 5.91 Å². The Morgan fingerprint density at radius 2 is 2.05 bits per heavy atom. The maximum Gasteiger partial charge on any atom is 0.405 e. The molecule has 1 aliphatic rings. The molecule has 0 atom stereocenters. The predicted octanol–water partition coefficient (Wildman–Crippen LogP) is 1.89. The summed E-state index contributed by atoms with van der Waals surface area (Å²) < 4.78 is 36.1. The van der Waals surface area contributed by atoms with Crippen molar-refractivity contribution in [2.75, 3.05) is 18.0 Å². The van der Waals surface area contributed by atoms with Gasteiger partial charge in [0.1, 0.15) is 6.54 Å². The highest BCUT2D eigenvalue weighted by molar-refractivity contribution is 5.97. The molecule has 1 aliphatic heterocycles. The van der Waals surface area contributed by atoms with Crippen LogP contribution in [0.5, 0.6) is 0 Å². The minimum absolute atomic E-state index is 0.0991. The number of hydrogen-bond donors (Lipinski definition) is 1. The maximum absolute atomic E-state index is 12.0. The minimum Gasteiger partial charge on any atom is -0.343 e. The zero-order chi connectivity index (χ0) is 14.9. The van der Waals surface area contributed by atoms with Gasteiger partial charge in [-0.2, -0.15) is 13.2 Å². The number of alkyl halides is 3. The topological polar surface area (TPSA) is 49.4 Å². The lowest BCUT2D eigenvalue weighted by atomic mass is 10.1. The first-order chi connectivity index (χ1) is 9.28. The van der Waals surface area contributed by atoms with E-state index in [9.17, 15) is 22.8 Å². The first-order valence-corrected chi connectivity index (χ1v) is 6.04. The zero-order valence-electron chi connectivity index (χ0n) is 10.8. The van der Waals surface area contributed by atoms with Gasteiger partial charge in [-0.1, -0.05) is 0 Å². The van der Waals surface area contributed by atoms with Crippen molar-refractivity contribution in [1.82, 2.24) is 5.32 Å². The number of amides is 2. The Bertz CT molecular complexity index is 555. The van der Waals surface area contributed by atoms with Crippen LogP contribution in [0.15, 0.2) is 18.2 Å². The van der Waals surface area contributed by atoms with Gasteiger partial charge in [-0.25, -0.2) is 0 Å². The molecule has 4 nitrogen and oxygen atoms in total. The third-order valence-corrected chi connectivity index (χ3v) is 3.07.